The van der Waals surface area contributed by atoms with Crippen LogP contribution in [0.4, 0.5) is 0 Å². The van der Waals surface area contributed by atoms with Crippen LogP contribution in [0.2, 0.25) is 0 Å². The Balaban J connectivity index is 1.63. The number of rotatable bonds is 4. The van der Waals surface area contributed by atoms with Crippen LogP contribution >= 0.6 is 0 Å². The smallest absolute Gasteiger partial charge is 0.258 e. The average Bonchev–Trinajstić information content (AvgIpc) is 3.22. The summed E-state index contributed by atoms with van der Waals surface area (Å²) >= 11 is 0. The lowest BCUT2D eigenvalue weighted by atomic mass is 9.94. The molecule has 32 heavy (non-hydrogen) atoms. The molecule has 0 aliphatic carbocycles. The van der Waals surface area contributed by atoms with Crippen molar-refractivity contribution < 1.29 is 4.79 Å². The Labute approximate surface area is 189 Å². The van der Waals surface area contributed by atoms with E-state index in [1.165, 1.54) is 5.56 Å². The number of carbonyl (C=O) groups excluding carboxylic acids is 1. The third kappa shape index (κ3) is 3.73. The summed E-state index contributed by atoms with van der Waals surface area (Å²) in [6, 6.07) is 30.6. The van der Waals surface area contributed by atoms with Gasteiger partial charge in [-0.25, -0.2) is 4.68 Å². The molecule has 4 nitrogen and oxygen atoms in total. The van der Waals surface area contributed by atoms with E-state index >= 15 is 0 Å². The van der Waals surface area contributed by atoms with Gasteiger partial charge in [0.1, 0.15) is 5.69 Å². The molecule has 1 amide bonds. The molecule has 1 aliphatic rings. The van der Waals surface area contributed by atoms with E-state index < -0.39 is 0 Å². The van der Waals surface area contributed by atoms with Gasteiger partial charge in [-0.3, -0.25) is 4.79 Å². The average molecular weight is 422 g/mol. The van der Waals surface area contributed by atoms with E-state index in [1.54, 1.807) is 0 Å². The molecular formula is C28H27N3O. The molecular weight excluding hydrogens is 394 g/mol. The number of benzene rings is 3. The van der Waals surface area contributed by atoms with E-state index in [0.29, 0.717) is 5.56 Å². The number of hydrogen-bond acceptors (Lipinski definition) is 2. The van der Waals surface area contributed by atoms with E-state index in [-0.39, 0.29) is 11.9 Å². The fourth-order valence-electron chi connectivity index (χ4n) is 4.72. The highest BCUT2D eigenvalue weighted by Crippen LogP contribution is 2.35. The maximum Gasteiger partial charge on any atom is 0.258 e. The van der Waals surface area contributed by atoms with Crippen LogP contribution in [-0.2, 0) is 0 Å². The third-order valence-electron chi connectivity index (χ3n) is 6.33. The van der Waals surface area contributed by atoms with Crippen molar-refractivity contribution >= 4 is 5.91 Å². The zero-order valence-electron chi connectivity index (χ0n) is 18.3. The lowest BCUT2D eigenvalue weighted by Crippen LogP contribution is -2.38. The van der Waals surface area contributed by atoms with Crippen LogP contribution in [0, 0.1) is 6.92 Å². The summed E-state index contributed by atoms with van der Waals surface area (Å²) in [4.78, 5) is 16.2. The van der Waals surface area contributed by atoms with Gasteiger partial charge in [0, 0.05) is 12.1 Å². The first kappa shape index (κ1) is 20.3. The van der Waals surface area contributed by atoms with Crippen LogP contribution < -0.4 is 0 Å². The summed E-state index contributed by atoms with van der Waals surface area (Å²) in [7, 11) is 0. The van der Waals surface area contributed by atoms with Gasteiger partial charge in [-0.2, -0.15) is 5.10 Å². The Morgan fingerprint density at radius 1 is 0.844 bits per heavy atom. The Morgan fingerprint density at radius 3 is 2.16 bits per heavy atom. The zero-order chi connectivity index (χ0) is 21.9. The first-order valence-corrected chi connectivity index (χ1v) is 11.3. The summed E-state index contributed by atoms with van der Waals surface area (Å²) in [5, 5.41) is 4.93. The number of likely N-dealkylation sites (tertiary alicyclic amines) is 1. The van der Waals surface area contributed by atoms with Crippen molar-refractivity contribution in [3.63, 3.8) is 0 Å². The highest BCUT2D eigenvalue weighted by molar-refractivity contribution is 6.01. The Bertz CT molecular complexity index is 1200. The molecule has 1 aliphatic heterocycles. The Hall–Kier alpha value is -3.66. The van der Waals surface area contributed by atoms with E-state index in [2.05, 4.69) is 29.2 Å². The SMILES string of the molecule is Cc1c(C(=O)N2CCCCC2c2ccccc2)c(-c2ccccc2)nn1-c1ccccc1. The molecule has 0 saturated carbocycles. The van der Waals surface area contributed by atoms with E-state index in [9.17, 15) is 4.79 Å². The summed E-state index contributed by atoms with van der Waals surface area (Å²) in [6.07, 6.45) is 3.15. The molecule has 3 aromatic carbocycles. The molecule has 0 spiro atoms. The number of para-hydroxylation sites is 1. The second-order valence-corrected chi connectivity index (χ2v) is 8.34. The second-order valence-electron chi connectivity index (χ2n) is 8.34. The zero-order valence-corrected chi connectivity index (χ0v) is 18.3. The first-order valence-electron chi connectivity index (χ1n) is 11.3. The van der Waals surface area contributed by atoms with Crippen molar-refractivity contribution in [2.45, 2.75) is 32.2 Å². The van der Waals surface area contributed by atoms with Gasteiger partial charge < -0.3 is 4.90 Å². The molecule has 5 rings (SSSR count). The molecule has 4 heteroatoms. The van der Waals surface area contributed by atoms with Crippen molar-refractivity contribution in [3.05, 3.63) is 108 Å². The number of hydrogen-bond donors (Lipinski definition) is 0. The molecule has 1 atom stereocenters. The molecule has 1 aromatic heterocycles. The molecule has 0 bridgehead atoms. The van der Waals surface area contributed by atoms with Gasteiger partial charge in [-0.1, -0.05) is 78.9 Å². The number of aromatic nitrogens is 2. The molecule has 1 fully saturated rings. The van der Waals surface area contributed by atoms with Crippen LogP contribution in [-0.4, -0.2) is 27.1 Å². The van der Waals surface area contributed by atoms with Gasteiger partial charge in [0.05, 0.1) is 23.0 Å². The van der Waals surface area contributed by atoms with E-state index in [4.69, 9.17) is 5.10 Å². The molecule has 160 valence electrons. The topological polar surface area (TPSA) is 38.1 Å². The quantitative estimate of drug-likeness (QED) is 0.393. The van der Waals surface area contributed by atoms with Gasteiger partial charge in [-0.15, -0.1) is 0 Å². The maximum absolute atomic E-state index is 14.1. The van der Waals surface area contributed by atoms with Crippen LogP contribution in [0.15, 0.2) is 91.0 Å². The summed E-state index contributed by atoms with van der Waals surface area (Å²) < 4.78 is 1.90. The molecule has 2 heterocycles. The van der Waals surface area contributed by atoms with Crippen LogP contribution in [0.3, 0.4) is 0 Å². The van der Waals surface area contributed by atoms with Gasteiger partial charge in [-0.05, 0) is 43.9 Å². The predicted octanol–water partition coefficient (Wildman–Crippen LogP) is 6.22. The summed E-state index contributed by atoms with van der Waals surface area (Å²) in [6.45, 7) is 2.77. The number of nitrogens with zero attached hydrogens (tertiary/aromatic N) is 3. The molecule has 0 radical (unpaired) electrons. The number of carbonyl (C=O) groups is 1. The lowest BCUT2D eigenvalue weighted by Gasteiger charge is -2.36. The largest absolute Gasteiger partial charge is 0.331 e. The number of piperidine rings is 1. The molecule has 1 unspecified atom stereocenters. The molecule has 0 N–H and O–H groups in total. The molecule has 1 saturated heterocycles. The van der Waals surface area contributed by atoms with Crippen LogP contribution in [0.5, 0.6) is 0 Å². The fraction of sp³-hybridized carbons (Fsp3) is 0.214. The van der Waals surface area contributed by atoms with Gasteiger partial charge in [0.2, 0.25) is 0 Å². The fourth-order valence-corrected chi connectivity index (χ4v) is 4.72. The first-order chi connectivity index (χ1) is 15.7. The van der Waals surface area contributed by atoms with Crippen LogP contribution in [0.25, 0.3) is 16.9 Å². The number of amides is 1. The minimum Gasteiger partial charge on any atom is -0.331 e. The van der Waals surface area contributed by atoms with Crippen molar-refractivity contribution in [3.8, 4) is 16.9 Å². The van der Waals surface area contributed by atoms with Gasteiger partial charge in [0.15, 0.2) is 0 Å². The summed E-state index contributed by atoms with van der Waals surface area (Å²) in [5.74, 6) is 0.0667. The normalized spacial score (nSPS) is 16.2. The minimum absolute atomic E-state index is 0.0667. The lowest BCUT2D eigenvalue weighted by molar-refractivity contribution is 0.0611. The van der Waals surface area contributed by atoms with Crippen molar-refractivity contribution in [1.82, 2.24) is 14.7 Å². The standard InChI is InChI=1S/C28H27N3O/c1-21-26(28(32)30-20-12-11-19-25(30)22-13-5-2-6-14-22)27(23-15-7-3-8-16-23)29-31(21)24-17-9-4-10-18-24/h2-10,13-18,25H,11-12,19-20H2,1H3. The summed E-state index contributed by atoms with van der Waals surface area (Å²) in [5.41, 5.74) is 5.44. The van der Waals surface area contributed by atoms with Gasteiger partial charge >= 0.3 is 0 Å². The third-order valence-corrected chi connectivity index (χ3v) is 6.33. The van der Waals surface area contributed by atoms with Crippen LogP contribution in [0.1, 0.15) is 46.9 Å². The van der Waals surface area contributed by atoms with E-state index in [1.807, 2.05) is 78.3 Å². The van der Waals surface area contributed by atoms with Crippen molar-refractivity contribution in [2.75, 3.05) is 6.54 Å². The van der Waals surface area contributed by atoms with E-state index in [0.717, 1.165) is 48.4 Å². The second kappa shape index (κ2) is 8.83. The monoisotopic (exact) mass is 421 g/mol. The Morgan fingerprint density at radius 2 is 1.47 bits per heavy atom. The van der Waals surface area contributed by atoms with Gasteiger partial charge in [0.25, 0.3) is 5.91 Å². The predicted molar refractivity (Wildman–Crippen MR) is 128 cm³/mol. The highest BCUT2D eigenvalue weighted by atomic mass is 16.2. The Kier molecular flexibility index (Phi) is 5.59. The minimum atomic E-state index is 0.0667. The van der Waals surface area contributed by atoms with Crippen molar-refractivity contribution in [1.29, 1.82) is 0 Å². The highest BCUT2D eigenvalue weighted by Gasteiger charge is 2.33. The van der Waals surface area contributed by atoms with Crippen molar-refractivity contribution in [2.24, 2.45) is 0 Å². The molecule has 4 aromatic rings. The maximum atomic E-state index is 14.1.